The molecule has 2 heterocycles. The quantitative estimate of drug-likeness (QED) is 0.852. The molecule has 1 saturated heterocycles. The summed E-state index contributed by atoms with van der Waals surface area (Å²) in [4.78, 5) is 18.7. The fraction of sp³-hybridized carbons (Fsp3) is 0.438. The van der Waals surface area contributed by atoms with Gasteiger partial charge in [0.1, 0.15) is 11.5 Å². The Balaban J connectivity index is 0.00000225. The minimum absolute atomic E-state index is 0. The molecule has 1 unspecified atom stereocenters. The molecule has 0 saturated carbocycles. The van der Waals surface area contributed by atoms with Gasteiger partial charge < -0.3 is 10.6 Å². The van der Waals surface area contributed by atoms with E-state index in [2.05, 4.69) is 17.0 Å². The van der Waals surface area contributed by atoms with Gasteiger partial charge in [-0.25, -0.2) is 9.67 Å². The topological polar surface area (TPSA) is 77.0 Å². The lowest BCUT2D eigenvalue weighted by Gasteiger charge is -2.21. The van der Waals surface area contributed by atoms with Gasteiger partial charge in [0.25, 0.3) is 5.91 Å². The summed E-state index contributed by atoms with van der Waals surface area (Å²) in [7, 11) is 0. The molecule has 1 amide bonds. The first-order chi connectivity index (χ1) is 11.3. The zero-order valence-electron chi connectivity index (χ0n) is 14.0. The summed E-state index contributed by atoms with van der Waals surface area (Å²) in [6.45, 7) is 5.67. The van der Waals surface area contributed by atoms with Crippen LogP contribution in [0.3, 0.4) is 0 Å². The normalized spacial score (nSPS) is 19.8. The summed E-state index contributed by atoms with van der Waals surface area (Å²) in [6, 6.07) is 5.20. The van der Waals surface area contributed by atoms with Crippen molar-refractivity contribution in [3.63, 3.8) is 0 Å². The number of halogens is 3. The maximum absolute atomic E-state index is 12.7. The van der Waals surface area contributed by atoms with Crippen molar-refractivity contribution in [2.75, 3.05) is 19.6 Å². The minimum Gasteiger partial charge on any atom is -0.335 e. The smallest absolute Gasteiger partial charge is 0.293 e. The molecular weight excluding hydrogens is 385 g/mol. The Labute approximate surface area is 162 Å². The van der Waals surface area contributed by atoms with E-state index in [1.807, 2.05) is 0 Å². The zero-order valence-corrected chi connectivity index (χ0v) is 16.3. The lowest BCUT2D eigenvalue weighted by molar-refractivity contribution is 0.0765. The van der Waals surface area contributed by atoms with Gasteiger partial charge in [-0.2, -0.15) is 0 Å². The van der Waals surface area contributed by atoms with Crippen molar-refractivity contribution in [1.82, 2.24) is 19.7 Å². The van der Waals surface area contributed by atoms with E-state index in [9.17, 15) is 4.79 Å². The molecule has 0 spiro atoms. The molecule has 2 N–H and O–H groups in total. The Morgan fingerprint density at radius 3 is 2.56 bits per heavy atom. The highest BCUT2D eigenvalue weighted by Gasteiger charge is 2.36. The minimum atomic E-state index is -0.197. The molecule has 6 nitrogen and oxygen atoms in total. The van der Waals surface area contributed by atoms with E-state index in [1.165, 1.54) is 4.68 Å². The van der Waals surface area contributed by atoms with Gasteiger partial charge in [-0.3, -0.25) is 4.79 Å². The van der Waals surface area contributed by atoms with Crippen molar-refractivity contribution in [3.8, 4) is 5.69 Å². The predicted octanol–water partition coefficient (Wildman–Crippen LogP) is 3.12. The van der Waals surface area contributed by atoms with Gasteiger partial charge in [-0.05, 0) is 37.4 Å². The third-order valence-electron chi connectivity index (χ3n) is 4.45. The number of aryl methyl sites for hydroxylation is 1. The molecule has 1 aliphatic heterocycles. The lowest BCUT2D eigenvalue weighted by Crippen LogP contribution is -2.35. The van der Waals surface area contributed by atoms with Crippen LogP contribution in [0.2, 0.25) is 10.0 Å². The summed E-state index contributed by atoms with van der Waals surface area (Å²) in [5, 5.41) is 5.23. The van der Waals surface area contributed by atoms with Crippen molar-refractivity contribution in [2.24, 2.45) is 11.1 Å². The van der Waals surface area contributed by atoms with E-state index >= 15 is 0 Å². The van der Waals surface area contributed by atoms with Crippen LogP contribution in [0.25, 0.3) is 5.69 Å². The Kier molecular flexibility index (Phi) is 5.99. The molecule has 1 aliphatic rings. The predicted molar refractivity (Wildman–Crippen MR) is 101 cm³/mol. The Morgan fingerprint density at radius 1 is 1.36 bits per heavy atom. The van der Waals surface area contributed by atoms with Crippen LogP contribution in [-0.4, -0.2) is 45.2 Å². The number of carbonyl (C=O) groups is 1. The fourth-order valence-corrected chi connectivity index (χ4v) is 3.45. The second kappa shape index (κ2) is 7.50. The van der Waals surface area contributed by atoms with Gasteiger partial charge in [-0.1, -0.05) is 36.2 Å². The number of hydrogen-bond acceptors (Lipinski definition) is 4. The third kappa shape index (κ3) is 3.77. The number of hydrogen-bond donors (Lipinski definition) is 1. The van der Waals surface area contributed by atoms with Crippen LogP contribution < -0.4 is 5.73 Å². The van der Waals surface area contributed by atoms with Crippen LogP contribution in [-0.2, 0) is 0 Å². The third-order valence-corrected chi connectivity index (χ3v) is 5.06. The molecule has 1 aromatic heterocycles. The highest BCUT2D eigenvalue weighted by atomic mass is 35.5. The number of likely N-dealkylation sites (tertiary alicyclic amines) is 1. The summed E-state index contributed by atoms with van der Waals surface area (Å²) < 4.78 is 1.51. The summed E-state index contributed by atoms with van der Waals surface area (Å²) in [5.74, 6) is 0.496. The number of nitrogens with zero attached hydrogens (tertiary/aromatic N) is 4. The van der Waals surface area contributed by atoms with E-state index in [0.717, 1.165) is 6.42 Å². The van der Waals surface area contributed by atoms with Crippen molar-refractivity contribution >= 4 is 41.5 Å². The Hall–Kier alpha value is -1.34. The summed E-state index contributed by atoms with van der Waals surface area (Å²) in [6.07, 6.45) is 0.880. The number of carbonyl (C=O) groups excluding carboxylic acids is 1. The standard InChI is InChI=1S/C16H19Cl2N5O.ClH/c1-10-20-14(15(24)22-7-6-16(2,8-19)9-22)21-23(10)13-11(17)4-3-5-12(13)18;/h3-5H,6-9,19H2,1-2H3;1H. The van der Waals surface area contributed by atoms with Gasteiger partial charge in [0, 0.05) is 13.1 Å². The maximum atomic E-state index is 12.7. The average Bonchev–Trinajstić information content (AvgIpc) is 3.11. The number of benzene rings is 1. The van der Waals surface area contributed by atoms with Crippen molar-refractivity contribution in [2.45, 2.75) is 20.3 Å². The van der Waals surface area contributed by atoms with E-state index in [4.69, 9.17) is 28.9 Å². The Bertz CT molecular complexity index is 774. The summed E-state index contributed by atoms with van der Waals surface area (Å²) >= 11 is 12.5. The molecule has 1 fully saturated rings. The van der Waals surface area contributed by atoms with Crippen LogP contribution in [0.5, 0.6) is 0 Å². The summed E-state index contributed by atoms with van der Waals surface area (Å²) in [5.41, 5.74) is 6.29. The number of nitrogens with two attached hydrogens (primary N) is 1. The first kappa shape index (κ1) is 20.0. The van der Waals surface area contributed by atoms with Gasteiger partial charge in [0.05, 0.1) is 10.0 Å². The SMILES string of the molecule is Cc1nc(C(=O)N2CCC(C)(CN)C2)nn1-c1c(Cl)cccc1Cl.Cl. The molecule has 1 aromatic carbocycles. The number of aromatic nitrogens is 3. The van der Waals surface area contributed by atoms with Gasteiger partial charge in [-0.15, -0.1) is 17.5 Å². The second-order valence-corrected chi connectivity index (χ2v) is 7.27. The molecule has 9 heteroatoms. The van der Waals surface area contributed by atoms with Gasteiger partial charge in [0.15, 0.2) is 0 Å². The van der Waals surface area contributed by atoms with Crippen LogP contribution >= 0.6 is 35.6 Å². The molecule has 0 radical (unpaired) electrons. The van der Waals surface area contributed by atoms with E-state index in [-0.39, 0.29) is 29.6 Å². The van der Waals surface area contributed by atoms with Crippen LogP contribution in [0.1, 0.15) is 29.8 Å². The van der Waals surface area contributed by atoms with E-state index in [1.54, 1.807) is 30.0 Å². The molecule has 25 heavy (non-hydrogen) atoms. The first-order valence-corrected chi connectivity index (χ1v) is 8.48. The Morgan fingerprint density at radius 2 is 2.00 bits per heavy atom. The second-order valence-electron chi connectivity index (χ2n) is 6.46. The van der Waals surface area contributed by atoms with Crippen molar-refractivity contribution in [3.05, 3.63) is 39.9 Å². The van der Waals surface area contributed by atoms with Crippen LogP contribution in [0.15, 0.2) is 18.2 Å². The number of rotatable bonds is 3. The zero-order chi connectivity index (χ0) is 17.5. The average molecular weight is 405 g/mol. The van der Waals surface area contributed by atoms with Crippen molar-refractivity contribution in [1.29, 1.82) is 0 Å². The van der Waals surface area contributed by atoms with E-state index < -0.39 is 0 Å². The van der Waals surface area contributed by atoms with Crippen molar-refractivity contribution < 1.29 is 4.79 Å². The maximum Gasteiger partial charge on any atom is 0.293 e. The first-order valence-electron chi connectivity index (χ1n) is 7.72. The van der Waals surface area contributed by atoms with Crippen LogP contribution in [0, 0.1) is 12.3 Å². The molecule has 1 atom stereocenters. The molecule has 0 aliphatic carbocycles. The highest BCUT2D eigenvalue weighted by molar-refractivity contribution is 6.37. The lowest BCUT2D eigenvalue weighted by atomic mass is 9.90. The molecule has 0 bridgehead atoms. The van der Waals surface area contributed by atoms with Gasteiger partial charge >= 0.3 is 0 Å². The van der Waals surface area contributed by atoms with E-state index in [0.29, 0.717) is 41.2 Å². The molecule has 2 aromatic rings. The fourth-order valence-electron chi connectivity index (χ4n) is 2.89. The number of para-hydroxylation sites is 1. The monoisotopic (exact) mass is 403 g/mol. The molecule has 3 rings (SSSR count). The van der Waals surface area contributed by atoms with Gasteiger partial charge in [0.2, 0.25) is 5.82 Å². The molecular formula is C16H20Cl3N5O. The highest BCUT2D eigenvalue weighted by Crippen LogP contribution is 2.30. The number of amides is 1. The molecule has 136 valence electrons. The van der Waals surface area contributed by atoms with Crippen LogP contribution in [0.4, 0.5) is 0 Å². The largest absolute Gasteiger partial charge is 0.335 e.